The quantitative estimate of drug-likeness (QED) is 0.565. The van der Waals surface area contributed by atoms with Gasteiger partial charge in [-0.2, -0.15) is 0 Å². The van der Waals surface area contributed by atoms with Crippen LogP contribution in [-0.4, -0.2) is 18.2 Å². The molecule has 0 saturated carbocycles. The molecule has 0 fully saturated rings. The van der Waals surface area contributed by atoms with Crippen molar-refractivity contribution >= 4 is 17.7 Å². The number of hydrogen-bond donors (Lipinski definition) is 1. The number of aryl methyl sites for hydroxylation is 1. The SMILES string of the molecule is CC(C)c1ccc(CCCNC(=O)CSc2ccccc2)cc1. The molecule has 0 heterocycles. The van der Waals surface area contributed by atoms with Gasteiger partial charge in [0.15, 0.2) is 0 Å². The molecule has 0 atom stereocenters. The van der Waals surface area contributed by atoms with Gasteiger partial charge >= 0.3 is 0 Å². The maximum Gasteiger partial charge on any atom is 0.230 e. The molecule has 2 aromatic rings. The Morgan fingerprint density at radius 1 is 1.04 bits per heavy atom. The van der Waals surface area contributed by atoms with Crippen molar-refractivity contribution < 1.29 is 4.79 Å². The third-order valence-corrected chi connectivity index (χ3v) is 4.74. The van der Waals surface area contributed by atoms with Gasteiger partial charge in [0.1, 0.15) is 0 Å². The Kier molecular flexibility index (Phi) is 7.21. The molecule has 0 aliphatic heterocycles. The number of hydrogen-bond acceptors (Lipinski definition) is 2. The molecule has 2 aromatic carbocycles. The Hall–Kier alpha value is -1.74. The minimum Gasteiger partial charge on any atom is -0.355 e. The van der Waals surface area contributed by atoms with E-state index in [1.54, 1.807) is 11.8 Å². The van der Waals surface area contributed by atoms with Crippen LogP contribution in [0.4, 0.5) is 0 Å². The van der Waals surface area contributed by atoms with Crippen LogP contribution >= 0.6 is 11.8 Å². The fourth-order valence-corrected chi connectivity index (χ4v) is 3.06. The summed E-state index contributed by atoms with van der Waals surface area (Å²) in [5.41, 5.74) is 2.71. The summed E-state index contributed by atoms with van der Waals surface area (Å²) in [4.78, 5) is 12.9. The fourth-order valence-electron chi connectivity index (χ4n) is 2.31. The molecular formula is C20H25NOS. The van der Waals surface area contributed by atoms with Crippen LogP contribution < -0.4 is 5.32 Å². The van der Waals surface area contributed by atoms with Crippen molar-refractivity contribution in [3.05, 3.63) is 65.7 Å². The van der Waals surface area contributed by atoms with Crippen molar-refractivity contribution in [3.8, 4) is 0 Å². The molecule has 23 heavy (non-hydrogen) atoms. The maximum atomic E-state index is 11.8. The van der Waals surface area contributed by atoms with Crippen LogP contribution in [0.1, 0.15) is 37.3 Å². The molecule has 3 heteroatoms. The summed E-state index contributed by atoms with van der Waals surface area (Å²) in [5.74, 6) is 1.16. The Balaban J connectivity index is 1.62. The third kappa shape index (κ3) is 6.49. The van der Waals surface area contributed by atoms with Crippen LogP contribution in [0.15, 0.2) is 59.5 Å². The van der Waals surface area contributed by atoms with Gasteiger partial charge in [0, 0.05) is 11.4 Å². The Morgan fingerprint density at radius 2 is 1.74 bits per heavy atom. The number of thioether (sulfide) groups is 1. The molecule has 122 valence electrons. The highest BCUT2D eigenvalue weighted by Crippen LogP contribution is 2.16. The molecule has 0 spiro atoms. The van der Waals surface area contributed by atoms with Gasteiger partial charge < -0.3 is 5.32 Å². The van der Waals surface area contributed by atoms with Gasteiger partial charge in [-0.25, -0.2) is 0 Å². The zero-order valence-corrected chi connectivity index (χ0v) is 14.7. The number of benzene rings is 2. The predicted molar refractivity (Wildman–Crippen MR) is 99.0 cm³/mol. The van der Waals surface area contributed by atoms with Crippen LogP contribution in [0.25, 0.3) is 0 Å². The summed E-state index contributed by atoms with van der Waals surface area (Å²) in [6, 6.07) is 18.8. The van der Waals surface area contributed by atoms with Gasteiger partial charge in [-0.3, -0.25) is 4.79 Å². The van der Waals surface area contributed by atoms with Gasteiger partial charge in [-0.1, -0.05) is 56.3 Å². The van der Waals surface area contributed by atoms with E-state index in [4.69, 9.17) is 0 Å². The predicted octanol–water partition coefficient (Wildman–Crippen LogP) is 4.65. The van der Waals surface area contributed by atoms with Crippen LogP contribution in [0.5, 0.6) is 0 Å². The molecule has 0 saturated heterocycles. The third-order valence-electron chi connectivity index (χ3n) is 3.72. The summed E-state index contributed by atoms with van der Waals surface area (Å²) in [6.07, 6.45) is 1.98. The Morgan fingerprint density at radius 3 is 2.39 bits per heavy atom. The lowest BCUT2D eigenvalue weighted by atomic mass is 10.0. The first kappa shape index (κ1) is 17.6. The van der Waals surface area contributed by atoms with E-state index in [0.29, 0.717) is 11.7 Å². The zero-order valence-electron chi connectivity index (χ0n) is 13.9. The Labute approximate surface area is 143 Å². The van der Waals surface area contributed by atoms with E-state index in [1.807, 2.05) is 30.3 Å². The van der Waals surface area contributed by atoms with Crippen LogP contribution in [-0.2, 0) is 11.2 Å². The first-order valence-electron chi connectivity index (χ1n) is 8.18. The topological polar surface area (TPSA) is 29.1 Å². The van der Waals surface area contributed by atoms with Crippen molar-refractivity contribution in [1.82, 2.24) is 5.32 Å². The van der Waals surface area contributed by atoms with Gasteiger partial charge in [0.05, 0.1) is 5.75 Å². The number of amides is 1. The highest BCUT2D eigenvalue weighted by atomic mass is 32.2. The summed E-state index contributed by atoms with van der Waals surface area (Å²) in [6.45, 7) is 5.15. The van der Waals surface area contributed by atoms with Crippen molar-refractivity contribution in [2.45, 2.75) is 37.5 Å². The normalized spacial score (nSPS) is 10.7. The van der Waals surface area contributed by atoms with E-state index in [9.17, 15) is 4.79 Å². The van der Waals surface area contributed by atoms with E-state index in [-0.39, 0.29) is 5.91 Å². The minimum atomic E-state index is 0.106. The molecule has 0 unspecified atom stereocenters. The number of nitrogens with one attached hydrogen (secondary N) is 1. The van der Waals surface area contributed by atoms with Gasteiger partial charge in [-0.15, -0.1) is 11.8 Å². The average molecular weight is 327 g/mol. The molecule has 1 N–H and O–H groups in total. The molecule has 2 rings (SSSR count). The van der Waals surface area contributed by atoms with Gasteiger partial charge in [0.25, 0.3) is 0 Å². The molecule has 0 radical (unpaired) electrons. The highest BCUT2D eigenvalue weighted by molar-refractivity contribution is 8.00. The minimum absolute atomic E-state index is 0.106. The summed E-state index contributed by atoms with van der Waals surface area (Å²) < 4.78 is 0. The van der Waals surface area contributed by atoms with E-state index in [2.05, 4.69) is 43.4 Å². The zero-order chi connectivity index (χ0) is 16.5. The van der Waals surface area contributed by atoms with Crippen molar-refractivity contribution in [3.63, 3.8) is 0 Å². The highest BCUT2D eigenvalue weighted by Gasteiger charge is 2.03. The second-order valence-electron chi connectivity index (χ2n) is 5.95. The first-order chi connectivity index (χ1) is 11.1. The smallest absolute Gasteiger partial charge is 0.230 e. The lowest BCUT2D eigenvalue weighted by molar-refractivity contribution is -0.118. The van der Waals surface area contributed by atoms with Gasteiger partial charge in [0.2, 0.25) is 5.91 Å². The van der Waals surface area contributed by atoms with Crippen LogP contribution in [0.2, 0.25) is 0 Å². The molecule has 0 aliphatic carbocycles. The van der Waals surface area contributed by atoms with Gasteiger partial charge in [-0.05, 0) is 42.0 Å². The maximum absolute atomic E-state index is 11.8. The largest absolute Gasteiger partial charge is 0.355 e. The van der Waals surface area contributed by atoms with Crippen molar-refractivity contribution in [2.24, 2.45) is 0 Å². The second kappa shape index (κ2) is 9.41. The van der Waals surface area contributed by atoms with E-state index in [0.717, 1.165) is 24.3 Å². The summed E-state index contributed by atoms with van der Waals surface area (Å²) in [5, 5.41) is 2.99. The second-order valence-corrected chi connectivity index (χ2v) is 7.00. The molecule has 0 aliphatic rings. The van der Waals surface area contributed by atoms with E-state index in [1.165, 1.54) is 11.1 Å². The fraction of sp³-hybridized carbons (Fsp3) is 0.350. The lowest BCUT2D eigenvalue weighted by Gasteiger charge is -2.08. The van der Waals surface area contributed by atoms with E-state index >= 15 is 0 Å². The number of carbonyl (C=O) groups excluding carboxylic acids is 1. The molecule has 1 amide bonds. The standard InChI is InChI=1S/C20H25NOS/c1-16(2)18-12-10-17(11-13-18)7-6-14-21-20(22)15-23-19-8-4-3-5-9-19/h3-5,8-13,16H,6-7,14-15H2,1-2H3,(H,21,22). The van der Waals surface area contributed by atoms with Crippen LogP contribution in [0, 0.1) is 0 Å². The first-order valence-corrected chi connectivity index (χ1v) is 9.17. The molecule has 0 bridgehead atoms. The van der Waals surface area contributed by atoms with Crippen molar-refractivity contribution in [1.29, 1.82) is 0 Å². The number of carbonyl (C=O) groups is 1. The molecule has 0 aromatic heterocycles. The Bertz CT molecular complexity index is 593. The molecular weight excluding hydrogens is 302 g/mol. The van der Waals surface area contributed by atoms with Crippen molar-refractivity contribution in [2.75, 3.05) is 12.3 Å². The summed E-state index contributed by atoms with van der Waals surface area (Å²) in [7, 11) is 0. The van der Waals surface area contributed by atoms with E-state index < -0.39 is 0 Å². The average Bonchev–Trinajstić information content (AvgIpc) is 2.58. The molecule has 2 nitrogen and oxygen atoms in total. The monoisotopic (exact) mass is 327 g/mol. The number of rotatable bonds is 8. The van der Waals surface area contributed by atoms with Crippen LogP contribution in [0.3, 0.4) is 0 Å². The summed E-state index contributed by atoms with van der Waals surface area (Å²) >= 11 is 1.58. The lowest BCUT2D eigenvalue weighted by Crippen LogP contribution is -2.26.